The summed E-state index contributed by atoms with van der Waals surface area (Å²) in [6.45, 7) is 2.74. The number of aryl methyl sites for hydroxylation is 1. The standard InChI is InChI=1S/C13H17N3O/c1-10-12(8-9-14-2)13(17)16(15-10)11-6-4-3-5-7-11/h3-7,14-15H,8-9H2,1-2H3. The first-order valence-electron chi connectivity index (χ1n) is 5.74. The molecular formula is C13H17N3O. The smallest absolute Gasteiger partial charge is 0.274 e. The Morgan fingerprint density at radius 1 is 1.29 bits per heavy atom. The molecule has 2 N–H and O–H groups in total. The highest BCUT2D eigenvalue weighted by Crippen LogP contribution is 2.06. The van der Waals surface area contributed by atoms with Gasteiger partial charge in [0.1, 0.15) is 0 Å². The lowest BCUT2D eigenvalue weighted by Gasteiger charge is -1.99. The van der Waals surface area contributed by atoms with E-state index in [4.69, 9.17) is 0 Å². The molecule has 0 saturated carbocycles. The van der Waals surface area contributed by atoms with Crippen LogP contribution in [0.3, 0.4) is 0 Å². The number of aromatic nitrogens is 2. The van der Waals surface area contributed by atoms with Crippen molar-refractivity contribution in [2.75, 3.05) is 13.6 Å². The summed E-state index contributed by atoms with van der Waals surface area (Å²) >= 11 is 0. The Morgan fingerprint density at radius 2 is 2.00 bits per heavy atom. The normalized spacial score (nSPS) is 10.7. The molecule has 0 saturated heterocycles. The lowest BCUT2D eigenvalue weighted by atomic mass is 10.2. The van der Waals surface area contributed by atoms with Crippen LogP contribution in [-0.2, 0) is 6.42 Å². The Morgan fingerprint density at radius 3 is 2.65 bits per heavy atom. The lowest BCUT2D eigenvalue weighted by Crippen LogP contribution is -2.20. The van der Waals surface area contributed by atoms with Crippen LogP contribution in [0, 0.1) is 6.92 Å². The average molecular weight is 231 g/mol. The first kappa shape index (κ1) is 11.7. The van der Waals surface area contributed by atoms with Crippen molar-refractivity contribution in [2.45, 2.75) is 13.3 Å². The van der Waals surface area contributed by atoms with E-state index in [1.165, 1.54) is 0 Å². The minimum atomic E-state index is 0.0453. The molecule has 1 aromatic carbocycles. The average Bonchev–Trinajstić information content (AvgIpc) is 2.64. The van der Waals surface area contributed by atoms with Crippen LogP contribution in [0.2, 0.25) is 0 Å². The maximum absolute atomic E-state index is 12.2. The number of H-pyrrole nitrogens is 1. The van der Waals surface area contributed by atoms with Gasteiger partial charge in [-0.3, -0.25) is 9.89 Å². The van der Waals surface area contributed by atoms with Crippen LogP contribution in [0.15, 0.2) is 35.1 Å². The summed E-state index contributed by atoms with van der Waals surface area (Å²) in [5.74, 6) is 0. The quantitative estimate of drug-likeness (QED) is 0.831. The molecule has 0 aliphatic rings. The first-order valence-corrected chi connectivity index (χ1v) is 5.74. The van der Waals surface area contributed by atoms with E-state index in [9.17, 15) is 4.79 Å². The molecule has 0 radical (unpaired) electrons. The van der Waals surface area contributed by atoms with Crippen molar-refractivity contribution in [1.29, 1.82) is 0 Å². The molecule has 0 aliphatic heterocycles. The highest BCUT2D eigenvalue weighted by molar-refractivity contribution is 5.32. The number of rotatable bonds is 4. The molecule has 4 nitrogen and oxygen atoms in total. The monoisotopic (exact) mass is 231 g/mol. The van der Waals surface area contributed by atoms with Crippen molar-refractivity contribution in [3.8, 4) is 5.69 Å². The summed E-state index contributed by atoms with van der Waals surface area (Å²) < 4.78 is 1.60. The van der Waals surface area contributed by atoms with Crippen LogP contribution in [0.5, 0.6) is 0 Å². The highest BCUT2D eigenvalue weighted by Gasteiger charge is 2.11. The van der Waals surface area contributed by atoms with Gasteiger partial charge in [-0.05, 0) is 39.1 Å². The Bertz CT molecular complexity index is 540. The van der Waals surface area contributed by atoms with E-state index in [0.29, 0.717) is 0 Å². The van der Waals surface area contributed by atoms with Crippen LogP contribution in [0.25, 0.3) is 5.69 Å². The zero-order valence-electron chi connectivity index (χ0n) is 10.2. The number of hydrogen-bond acceptors (Lipinski definition) is 2. The minimum absolute atomic E-state index is 0.0453. The fourth-order valence-corrected chi connectivity index (χ4v) is 1.88. The van der Waals surface area contributed by atoms with Gasteiger partial charge in [-0.2, -0.15) is 0 Å². The Labute approximate surface area is 100 Å². The molecule has 0 unspecified atom stereocenters. The molecule has 0 fully saturated rings. The molecule has 1 aromatic heterocycles. The van der Waals surface area contributed by atoms with Crippen molar-refractivity contribution in [2.24, 2.45) is 0 Å². The number of aromatic amines is 1. The maximum Gasteiger partial charge on any atom is 0.274 e. The lowest BCUT2D eigenvalue weighted by molar-refractivity contribution is 0.783. The van der Waals surface area contributed by atoms with Crippen molar-refractivity contribution >= 4 is 0 Å². The molecule has 0 bridgehead atoms. The van der Waals surface area contributed by atoms with Gasteiger partial charge >= 0.3 is 0 Å². The van der Waals surface area contributed by atoms with Gasteiger partial charge in [0.15, 0.2) is 0 Å². The van der Waals surface area contributed by atoms with Crippen molar-refractivity contribution in [3.63, 3.8) is 0 Å². The summed E-state index contributed by atoms with van der Waals surface area (Å²) in [5, 5.41) is 6.17. The summed E-state index contributed by atoms with van der Waals surface area (Å²) in [7, 11) is 1.89. The van der Waals surface area contributed by atoms with Gasteiger partial charge in [0, 0.05) is 11.3 Å². The van der Waals surface area contributed by atoms with Gasteiger partial charge in [0.05, 0.1) is 5.69 Å². The molecular weight excluding hydrogens is 214 g/mol. The van der Waals surface area contributed by atoms with Crippen molar-refractivity contribution in [3.05, 3.63) is 51.9 Å². The third kappa shape index (κ3) is 2.31. The number of nitrogens with zero attached hydrogens (tertiary/aromatic N) is 1. The van der Waals surface area contributed by atoms with Crippen LogP contribution in [-0.4, -0.2) is 23.4 Å². The molecule has 0 spiro atoms. The SMILES string of the molecule is CNCCc1c(C)[nH]n(-c2ccccc2)c1=O. The second-order valence-corrected chi connectivity index (χ2v) is 4.05. The second-order valence-electron chi connectivity index (χ2n) is 4.05. The Kier molecular flexibility index (Phi) is 3.44. The molecule has 90 valence electrons. The molecule has 0 aliphatic carbocycles. The molecule has 1 heterocycles. The van der Waals surface area contributed by atoms with E-state index in [1.54, 1.807) is 4.68 Å². The number of para-hydroxylation sites is 1. The summed E-state index contributed by atoms with van der Waals surface area (Å²) in [6, 6.07) is 9.61. The number of likely N-dealkylation sites (N-methyl/N-ethyl adjacent to an activating group) is 1. The van der Waals surface area contributed by atoms with Gasteiger partial charge in [-0.25, -0.2) is 4.68 Å². The molecule has 17 heavy (non-hydrogen) atoms. The number of benzene rings is 1. The maximum atomic E-state index is 12.2. The largest absolute Gasteiger partial charge is 0.319 e. The van der Waals surface area contributed by atoms with Gasteiger partial charge in [0.2, 0.25) is 0 Å². The van der Waals surface area contributed by atoms with Crippen LogP contribution < -0.4 is 10.9 Å². The van der Waals surface area contributed by atoms with E-state index in [2.05, 4.69) is 10.4 Å². The topological polar surface area (TPSA) is 49.8 Å². The highest BCUT2D eigenvalue weighted by atomic mass is 16.1. The van der Waals surface area contributed by atoms with E-state index in [-0.39, 0.29) is 5.56 Å². The molecule has 0 amide bonds. The van der Waals surface area contributed by atoms with Crippen LogP contribution in [0.4, 0.5) is 0 Å². The van der Waals surface area contributed by atoms with Crippen LogP contribution in [0.1, 0.15) is 11.3 Å². The Hall–Kier alpha value is -1.81. The van der Waals surface area contributed by atoms with Gasteiger partial charge < -0.3 is 5.32 Å². The second kappa shape index (κ2) is 5.01. The summed E-state index contributed by atoms with van der Waals surface area (Å²) in [5.41, 5.74) is 2.71. The molecule has 0 atom stereocenters. The molecule has 2 aromatic rings. The van der Waals surface area contributed by atoms with E-state index in [1.807, 2.05) is 44.3 Å². The predicted octanol–water partition coefficient (Wildman–Crippen LogP) is 1.24. The van der Waals surface area contributed by atoms with Crippen molar-refractivity contribution < 1.29 is 0 Å². The Balaban J connectivity index is 2.41. The number of nitrogens with one attached hydrogen (secondary N) is 2. The molecule has 2 rings (SSSR count). The number of hydrogen-bond donors (Lipinski definition) is 2. The summed E-state index contributed by atoms with van der Waals surface area (Å²) in [4.78, 5) is 12.2. The first-order chi connectivity index (χ1) is 8.24. The van der Waals surface area contributed by atoms with Gasteiger partial charge in [0.25, 0.3) is 5.56 Å². The van der Waals surface area contributed by atoms with Crippen molar-refractivity contribution in [1.82, 2.24) is 15.1 Å². The third-order valence-electron chi connectivity index (χ3n) is 2.83. The van der Waals surface area contributed by atoms with E-state index in [0.717, 1.165) is 29.9 Å². The van der Waals surface area contributed by atoms with E-state index < -0.39 is 0 Å². The van der Waals surface area contributed by atoms with Crippen LogP contribution >= 0.6 is 0 Å². The fraction of sp³-hybridized carbons (Fsp3) is 0.308. The molecule has 4 heteroatoms. The zero-order valence-corrected chi connectivity index (χ0v) is 10.2. The zero-order chi connectivity index (χ0) is 12.3. The third-order valence-corrected chi connectivity index (χ3v) is 2.83. The fourth-order valence-electron chi connectivity index (χ4n) is 1.88. The minimum Gasteiger partial charge on any atom is -0.319 e. The van der Waals surface area contributed by atoms with Gasteiger partial charge in [-0.15, -0.1) is 0 Å². The van der Waals surface area contributed by atoms with Gasteiger partial charge in [-0.1, -0.05) is 18.2 Å². The summed E-state index contributed by atoms with van der Waals surface area (Å²) in [6.07, 6.45) is 0.748. The van der Waals surface area contributed by atoms with E-state index >= 15 is 0 Å². The predicted molar refractivity (Wildman–Crippen MR) is 68.8 cm³/mol.